The number of rotatable bonds is 5. The zero-order valence-electron chi connectivity index (χ0n) is 10.5. The standard InChI is InChI=1S/C13H20N2O2/c1-9(2)8-15(10-3-4-10)13(16)12-6-5-11(7-14)17-12/h5-6,9-10H,3-4,7-8,14H2,1-2H3. The molecular formula is C13H20N2O2. The van der Waals surface area contributed by atoms with Gasteiger partial charge in [-0.2, -0.15) is 0 Å². The average molecular weight is 236 g/mol. The van der Waals surface area contributed by atoms with Crippen LogP contribution in [0.5, 0.6) is 0 Å². The number of amides is 1. The van der Waals surface area contributed by atoms with E-state index in [1.807, 2.05) is 4.90 Å². The highest BCUT2D eigenvalue weighted by molar-refractivity contribution is 5.92. The van der Waals surface area contributed by atoms with Crippen LogP contribution >= 0.6 is 0 Å². The Morgan fingerprint density at radius 3 is 2.71 bits per heavy atom. The van der Waals surface area contributed by atoms with Crippen molar-refractivity contribution in [2.24, 2.45) is 11.7 Å². The second kappa shape index (κ2) is 4.92. The molecule has 0 aliphatic heterocycles. The largest absolute Gasteiger partial charge is 0.455 e. The monoisotopic (exact) mass is 236 g/mol. The van der Waals surface area contributed by atoms with Gasteiger partial charge < -0.3 is 15.1 Å². The number of furan rings is 1. The second-order valence-corrected chi connectivity index (χ2v) is 5.05. The molecule has 1 aromatic heterocycles. The van der Waals surface area contributed by atoms with E-state index in [1.54, 1.807) is 12.1 Å². The van der Waals surface area contributed by atoms with Crippen molar-refractivity contribution >= 4 is 5.91 Å². The Balaban J connectivity index is 2.09. The van der Waals surface area contributed by atoms with E-state index in [0.717, 1.165) is 19.4 Å². The Morgan fingerprint density at radius 2 is 2.24 bits per heavy atom. The molecule has 1 aromatic rings. The van der Waals surface area contributed by atoms with Crippen LogP contribution in [0.4, 0.5) is 0 Å². The van der Waals surface area contributed by atoms with E-state index < -0.39 is 0 Å². The van der Waals surface area contributed by atoms with Crippen LogP contribution in [0, 0.1) is 5.92 Å². The van der Waals surface area contributed by atoms with Gasteiger partial charge in [0, 0.05) is 12.6 Å². The minimum atomic E-state index is 0.000833. The van der Waals surface area contributed by atoms with E-state index in [2.05, 4.69) is 13.8 Å². The fourth-order valence-corrected chi connectivity index (χ4v) is 1.92. The summed E-state index contributed by atoms with van der Waals surface area (Å²) in [7, 11) is 0. The highest BCUT2D eigenvalue weighted by Gasteiger charge is 2.34. The van der Waals surface area contributed by atoms with Gasteiger partial charge in [0.25, 0.3) is 5.91 Å². The van der Waals surface area contributed by atoms with Crippen LogP contribution in [0.1, 0.15) is 43.0 Å². The fourth-order valence-electron chi connectivity index (χ4n) is 1.92. The lowest BCUT2D eigenvalue weighted by molar-refractivity contribution is 0.0688. The van der Waals surface area contributed by atoms with Gasteiger partial charge in [-0.1, -0.05) is 13.8 Å². The van der Waals surface area contributed by atoms with E-state index in [-0.39, 0.29) is 5.91 Å². The Labute approximate surface area is 102 Å². The van der Waals surface area contributed by atoms with Crippen molar-refractivity contribution in [2.45, 2.75) is 39.3 Å². The summed E-state index contributed by atoms with van der Waals surface area (Å²) >= 11 is 0. The molecule has 94 valence electrons. The molecule has 1 heterocycles. The minimum Gasteiger partial charge on any atom is -0.455 e. The second-order valence-electron chi connectivity index (χ2n) is 5.05. The molecule has 17 heavy (non-hydrogen) atoms. The molecule has 4 heteroatoms. The van der Waals surface area contributed by atoms with Crippen LogP contribution in [0.2, 0.25) is 0 Å². The molecule has 2 N–H and O–H groups in total. The van der Waals surface area contributed by atoms with Gasteiger partial charge in [0.1, 0.15) is 5.76 Å². The number of hydrogen-bond acceptors (Lipinski definition) is 3. The summed E-state index contributed by atoms with van der Waals surface area (Å²) in [6, 6.07) is 3.91. The van der Waals surface area contributed by atoms with Crippen LogP contribution in [0.25, 0.3) is 0 Å². The number of carbonyl (C=O) groups is 1. The molecule has 1 aliphatic carbocycles. The van der Waals surface area contributed by atoms with Gasteiger partial charge in [-0.25, -0.2) is 0 Å². The van der Waals surface area contributed by atoms with Gasteiger partial charge in [-0.05, 0) is 30.9 Å². The summed E-state index contributed by atoms with van der Waals surface area (Å²) < 4.78 is 5.42. The molecule has 4 nitrogen and oxygen atoms in total. The summed E-state index contributed by atoms with van der Waals surface area (Å²) in [4.78, 5) is 14.2. The van der Waals surface area contributed by atoms with Crippen molar-refractivity contribution in [1.82, 2.24) is 4.90 Å². The third-order valence-electron chi connectivity index (χ3n) is 2.88. The molecule has 1 fully saturated rings. The zero-order chi connectivity index (χ0) is 12.4. The molecule has 1 saturated carbocycles. The van der Waals surface area contributed by atoms with E-state index in [9.17, 15) is 4.79 Å². The maximum absolute atomic E-state index is 12.3. The summed E-state index contributed by atoms with van der Waals surface area (Å²) in [5.41, 5.74) is 5.47. The molecular weight excluding hydrogens is 216 g/mol. The van der Waals surface area contributed by atoms with Crippen LogP contribution in [-0.4, -0.2) is 23.4 Å². The first-order valence-electron chi connectivity index (χ1n) is 6.21. The van der Waals surface area contributed by atoms with Crippen molar-refractivity contribution in [3.63, 3.8) is 0 Å². The first-order chi connectivity index (χ1) is 8.11. The zero-order valence-corrected chi connectivity index (χ0v) is 10.5. The highest BCUT2D eigenvalue weighted by Crippen LogP contribution is 2.29. The van der Waals surface area contributed by atoms with Gasteiger partial charge >= 0.3 is 0 Å². The van der Waals surface area contributed by atoms with Crippen molar-refractivity contribution in [2.75, 3.05) is 6.54 Å². The molecule has 0 atom stereocenters. The van der Waals surface area contributed by atoms with E-state index in [4.69, 9.17) is 10.2 Å². The lowest BCUT2D eigenvalue weighted by Crippen LogP contribution is -2.35. The van der Waals surface area contributed by atoms with E-state index in [0.29, 0.717) is 30.0 Å². The van der Waals surface area contributed by atoms with Crippen molar-refractivity contribution < 1.29 is 9.21 Å². The van der Waals surface area contributed by atoms with E-state index in [1.165, 1.54) is 0 Å². The van der Waals surface area contributed by atoms with E-state index >= 15 is 0 Å². The smallest absolute Gasteiger partial charge is 0.289 e. The summed E-state index contributed by atoms with van der Waals surface area (Å²) in [5.74, 6) is 1.55. The normalized spacial score (nSPS) is 15.3. The molecule has 0 bridgehead atoms. The molecule has 0 unspecified atom stereocenters. The predicted molar refractivity (Wildman–Crippen MR) is 65.5 cm³/mol. The third kappa shape index (κ3) is 2.88. The van der Waals surface area contributed by atoms with Crippen LogP contribution in [0.15, 0.2) is 16.5 Å². The van der Waals surface area contributed by atoms with Crippen LogP contribution in [-0.2, 0) is 6.54 Å². The maximum Gasteiger partial charge on any atom is 0.289 e. The van der Waals surface area contributed by atoms with Gasteiger partial charge in [0.15, 0.2) is 5.76 Å². The number of nitrogens with two attached hydrogens (primary N) is 1. The minimum absolute atomic E-state index is 0.000833. The Morgan fingerprint density at radius 1 is 1.53 bits per heavy atom. The molecule has 0 radical (unpaired) electrons. The number of carbonyl (C=O) groups excluding carboxylic acids is 1. The van der Waals surface area contributed by atoms with Crippen LogP contribution < -0.4 is 5.73 Å². The Hall–Kier alpha value is -1.29. The average Bonchev–Trinajstić information content (AvgIpc) is 3.02. The molecule has 1 aliphatic rings. The van der Waals surface area contributed by atoms with Crippen molar-refractivity contribution in [1.29, 1.82) is 0 Å². The quantitative estimate of drug-likeness (QED) is 0.850. The van der Waals surface area contributed by atoms with Gasteiger partial charge in [0.2, 0.25) is 0 Å². The van der Waals surface area contributed by atoms with Gasteiger partial charge in [0.05, 0.1) is 6.54 Å². The summed E-state index contributed by atoms with van der Waals surface area (Å²) in [6.07, 6.45) is 2.23. The first-order valence-corrected chi connectivity index (χ1v) is 6.21. The van der Waals surface area contributed by atoms with Crippen molar-refractivity contribution in [3.8, 4) is 0 Å². The molecule has 1 amide bonds. The SMILES string of the molecule is CC(C)CN(C(=O)c1ccc(CN)o1)C1CC1. The summed E-state index contributed by atoms with van der Waals surface area (Å²) in [5, 5.41) is 0. The number of nitrogens with zero attached hydrogens (tertiary/aromatic N) is 1. The molecule has 2 rings (SSSR count). The number of hydrogen-bond donors (Lipinski definition) is 1. The molecule has 0 aromatic carbocycles. The fraction of sp³-hybridized carbons (Fsp3) is 0.615. The first kappa shape index (κ1) is 12.2. The summed E-state index contributed by atoms with van der Waals surface area (Å²) in [6.45, 7) is 5.37. The molecule has 0 spiro atoms. The Bertz CT molecular complexity index is 394. The van der Waals surface area contributed by atoms with Crippen LogP contribution in [0.3, 0.4) is 0 Å². The predicted octanol–water partition coefficient (Wildman–Crippen LogP) is 2.00. The lowest BCUT2D eigenvalue weighted by Gasteiger charge is -2.23. The third-order valence-corrected chi connectivity index (χ3v) is 2.88. The van der Waals surface area contributed by atoms with Gasteiger partial charge in [-0.3, -0.25) is 4.79 Å². The molecule has 0 saturated heterocycles. The Kier molecular flexibility index (Phi) is 3.52. The highest BCUT2D eigenvalue weighted by atomic mass is 16.4. The van der Waals surface area contributed by atoms with Gasteiger partial charge in [-0.15, -0.1) is 0 Å². The van der Waals surface area contributed by atoms with Crippen molar-refractivity contribution in [3.05, 3.63) is 23.7 Å². The topological polar surface area (TPSA) is 59.5 Å². The maximum atomic E-state index is 12.3. The lowest BCUT2D eigenvalue weighted by atomic mass is 10.2.